The van der Waals surface area contributed by atoms with Gasteiger partial charge < -0.3 is 9.68 Å². The molecule has 12 nitrogen and oxygen atoms in total. The van der Waals surface area contributed by atoms with Crippen molar-refractivity contribution in [2.45, 2.75) is 64.2 Å². The Morgan fingerprint density at radius 1 is 0.595 bits per heavy atom. The summed E-state index contributed by atoms with van der Waals surface area (Å²) in [6.45, 7) is 0.993. The van der Waals surface area contributed by atoms with Gasteiger partial charge in [-0.2, -0.15) is 9.46 Å². The molecule has 42 heavy (non-hydrogen) atoms. The molecule has 0 saturated carbocycles. The molecule has 0 amide bonds. The zero-order valence-corrected chi connectivity index (χ0v) is 23.3. The van der Waals surface area contributed by atoms with Crippen LogP contribution in [0.4, 0.5) is 11.4 Å². The second-order valence-corrected chi connectivity index (χ2v) is 10.2. The number of aldehydes is 2. The van der Waals surface area contributed by atoms with Gasteiger partial charge in [0.05, 0.1) is 33.3 Å². The van der Waals surface area contributed by atoms with Crippen molar-refractivity contribution in [3.63, 3.8) is 0 Å². The SMILES string of the molecule is O=Cc1cn(OCCCCCCCCCCCCOn2cc(C=O)c3cc([N+](=O)[O-])ccc32)c2ccc([N+](=O)[O-])cc12. The predicted octanol–water partition coefficient (Wildman–Crippen LogP) is 6.50. The molecule has 12 heteroatoms. The molecular weight excluding hydrogens is 544 g/mol. The summed E-state index contributed by atoms with van der Waals surface area (Å²) < 4.78 is 3.04. The molecule has 4 rings (SSSR count). The molecule has 2 heterocycles. The third-order valence-electron chi connectivity index (χ3n) is 7.24. The first-order valence-corrected chi connectivity index (χ1v) is 14.2. The monoisotopic (exact) mass is 578 g/mol. The first-order valence-electron chi connectivity index (χ1n) is 14.2. The molecule has 0 saturated heterocycles. The lowest BCUT2D eigenvalue weighted by molar-refractivity contribution is -0.384. The molecule has 2 aromatic heterocycles. The van der Waals surface area contributed by atoms with Crippen molar-refractivity contribution >= 4 is 45.8 Å². The number of unbranched alkanes of at least 4 members (excludes halogenated alkanes) is 9. The summed E-state index contributed by atoms with van der Waals surface area (Å²) in [6.07, 6.45) is 15.2. The van der Waals surface area contributed by atoms with E-state index in [1.165, 1.54) is 46.6 Å². The van der Waals surface area contributed by atoms with Crippen molar-refractivity contribution in [3.05, 3.63) is 80.1 Å². The van der Waals surface area contributed by atoms with E-state index >= 15 is 0 Å². The third-order valence-corrected chi connectivity index (χ3v) is 7.24. The molecule has 0 unspecified atom stereocenters. The van der Waals surface area contributed by atoms with Crippen LogP contribution in [-0.4, -0.2) is 45.1 Å². The van der Waals surface area contributed by atoms with Crippen molar-refractivity contribution in [1.29, 1.82) is 0 Å². The van der Waals surface area contributed by atoms with Gasteiger partial charge in [0.25, 0.3) is 11.4 Å². The van der Waals surface area contributed by atoms with Crippen LogP contribution in [0.3, 0.4) is 0 Å². The zero-order chi connectivity index (χ0) is 29.9. The maximum Gasteiger partial charge on any atom is 0.270 e. The molecule has 0 N–H and O–H groups in total. The van der Waals surface area contributed by atoms with Gasteiger partial charge in [-0.15, -0.1) is 0 Å². The fourth-order valence-electron chi connectivity index (χ4n) is 5.00. The topological polar surface area (TPSA) is 149 Å². The lowest BCUT2D eigenvalue weighted by Crippen LogP contribution is -2.11. The van der Waals surface area contributed by atoms with Crippen LogP contribution in [0.25, 0.3) is 21.8 Å². The highest BCUT2D eigenvalue weighted by Crippen LogP contribution is 2.26. The number of nitrogens with zero attached hydrogens (tertiary/aromatic N) is 4. The Bertz CT molecular complexity index is 1440. The minimum Gasteiger partial charge on any atom is -0.414 e. The van der Waals surface area contributed by atoms with Crippen LogP contribution in [0, 0.1) is 20.2 Å². The molecule has 0 aliphatic heterocycles. The Morgan fingerprint density at radius 2 is 0.952 bits per heavy atom. The highest BCUT2D eigenvalue weighted by Gasteiger charge is 2.15. The molecule has 0 radical (unpaired) electrons. The number of carbonyl (C=O) groups excluding carboxylic acids is 2. The molecule has 2 aromatic carbocycles. The number of aromatic nitrogens is 2. The van der Waals surface area contributed by atoms with E-state index in [1.807, 2.05) is 0 Å². The summed E-state index contributed by atoms with van der Waals surface area (Å²) >= 11 is 0. The van der Waals surface area contributed by atoms with Crippen LogP contribution in [0.5, 0.6) is 0 Å². The number of carbonyl (C=O) groups is 2. The highest BCUT2D eigenvalue weighted by molar-refractivity contribution is 5.99. The van der Waals surface area contributed by atoms with E-state index < -0.39 is 9.85 Å². The van der Waals surface area contributed by atoms with Crippen molar-refractivity contribution < 1.29 is 29.1 Å². The summed E-state index contributed by atoms with van der Waals surface area (Å²) in [7, 11) is 0. The average molecular weight is 579 g/mol. The Hall–Kier alpha value is -4.74. The van der Waals surface area contributed by atoms with E-state index in [0.29, 0.717) is 58.7 Å². The summed E-state index contributed by atoms with van der Waals surface area (Å²) in [6, 6.07) is 8.78. The molecule has 0 atom stereocenters. The normalized spacial score (nSPS) is 11.1. The van der Waals surface area contributed by atoms with E-state index in [1.54, 1.807) is 24.5 Å². The van der Waals surface area contributed by atoms with Gasteiger partial charge in [0.1, 0.15) is 13.2 Å². The number of nitro groups is 2. The number of hydrogen-bond acceptors (Lipinski definition) is 8. The summed E-state index contributed by atoms with van der Waals surface area (Å²) in [5, 5.41) is 23.0. The fourth-order valence-corrected chi connectivity index (χ4v) is 5.00. The van der Waals surface area contributed by atoms with Crippen LogP contribution in [-0.2, 0) is 0 Å². The number of rotatable bonds is 19. The first kappa shape index (κ1) is 30.2. The van der Waals surface area contributed by atoms with E-state index in [0.717, 1.165) is 51.4 Å². The molecule has 0 bridgehead atoms. The van der Waals surface area contributed by atoms with Crippen LogP contribution < -0.4 is 9.68 Å². The number of hydrogen-bond donors (Lipinski definition) is 0. The molecule has 0 spiro atoms. The van der Waals surface area contributed by atoms with E-state index in [9.17, 15) is 29.8 Å². The fraction of sp³-hybridized carbons (Fsp3) is 0.400. The molecule has 222 valence electrons. The van der Waals surface area contributed by atoms with E-state index in [4.69, 9.17) is 9.68 Å². The smallest absolute Gasteiger partial charge is 0.270 e. The molecule has 0 fully saturated rings. The van der Waals surface area contributed by atoms with E-state index in [2.05, 4.69) is 0 Å². The van der Waals surface area contributed by atoms with Crippen molar-refractivity contribution in [2.24, 2.45) is 0 Å². The van der Waals surface area contributed by atoms with E-state index in [-0.39, 0.29) is 11.4 Å². The maximum absolute atomic E-state index is 11.4. The standard InChI is InChI=1S/C30H34N4O8/c35-21-23-19-31(29-13-11-25(33(37)38)17-27(23)29)41-15-9-7-5-3-1-2-4-6-8-10-16-42-32-20-24(22-36)28-18-26(34(39)40)12-14-30(28)32/h11-14,17-22H,1-10,15-16H2. The van der Waals surface area contributed by atoms with Gasteiger partial charge in [0, 0.05) is 46.2 Å². The minimum atomic E-state index is -0.484. The Morgan fingerprint density at radius 3 is 1.29 bits per heavy atom. The lowest BCUT2D eigenvalue weighted by Gasteiger charge is -2.08. The van der Waals surface area contributed by atoms with Crippen LogP contribution in [0.15, 0.2) is 48.8 Å². The molecule has 4 aromatic rings. The molecular formula is C30H34N4O8. The second kappa shape index (κ2) is 14.8. The highest BCUT2D eigenvalue weighted by atomic mass is 16.7. The van der Waals surface area contributed by atoms with Gasteiger partial charge in [0.15, 0.2) is 12.6 Å². The molecule has 0 aliphatic rings. The van der Waals surface area contributed by atoms with Gasteiger partial charge in [-0.25, -0.2) is 0 Å². The number of benzene rings is 2. The zero-order valence-electron chi connectivity index (χ0n) is 23.3. The van der Waals surface area contributed by atoms with Crippen LogP contribution in [0.1, 0.15) is 84.9 Å². The minimum absolute atomic E-state index is 0.0629. The van der Waals surface area contributed by atoms with Crippen LogP contribution >= 0.6 is 0 Å². The van der Waals surface area contributed by atoms with Gasteiger partial charge in [-0.3, -0.25) is 29.8 Å². The van der Waals surface area contributed by atoms with Gasteiger partial charge in [-0.05, 0) is 37.8 Å². The Kier molecular flexibility index (Phi) is 10.6. The second-order valence-electron chi connectivity index (χ2n) is 10.2. The van der Waals surface area contributed by atoms with Gasteiger partial charge >= 0.3 is 0 Å². The largest absolute Gasteiger partial charge is 0.414 e. The van der Waals surface area contributed by atoms with Crippen molar-refractivity contribution in [1.82, 2.24) is 9.46 Å². The van der Waals surface area contributed by atoms with Crippen LogP contribution in [0.2, 0.25) is 0 Å². The summed E-state index contributed by atoms with van der Waals surface area (Å²) in [4.78, 5) is 55.4. The van der Waals surface area contributed by atoms with Crippen molar-refractivity contribution in [3.8, 4) is 0 Å². The van der Waals surface area contributed by atoms with Gasteiger partial charge in [0.2, 0.25) is 0 Å². The van der Waals surface area contributed by atoms with Crippen molar-refractivity contribution in [2.75, 3.05) is 13.2 Å². The number of fused-ring (bicyclic) bond motifs is 2. The quantitative estimate of drug-likeness (QED) is 0.0530. The first-order chi connectivity index (χ1) is 20.4. The third kappa shape index (κ3) is 7.50. The number of non-ortho nitro benzene ring substituents is 2. The lowest BCUT2D eigenvalue weighted by atomic mass is 10.1. The predicted molar refractivity (Wildman–Crippen MR) is 157 cm³/mol. The Balaban J connectivity index is 1.04. The Labute approximate surface area is 242 Å². The van der Waals surface area contributed by atoms with Gasteiger partial charge in [-0.1, -0.05) is 38.5 Å². The summed E-state index contributed by atoms with van der Waals surface area (Å²) in [5.74, 6) is 0. The number of nitro benzene ring substituents is 2. The average Bonchev–Trinajstić information content (AvgIpc) is 3.53. The maximum atomic E-state index is 11.4. The summed E-state index contributed by atoms with van der Waals surface area (Å²) in [5.41, 5.74) is 1.86. The molecule has 0 aliphatic carbocycles.